The molecule has 4 nitrogen and oxygen atoms in total. The second kappa shape index (κ2) is 6.54. The zero-order chi connectivity index (χ0) is 14.7. The number of nitrogens with one attached hydrogen (secondary N) is 1. The number of thiophene rings is 1. The van der Waals surface area contributed by atoms with E-state index in [4.69, 9.17) is 17.0 Å². The summed E-state index contributed by atoms with van der Waals surface area (Å²) in [5.41, 5.74) is 0.734. The van der Waals surface area contributed by atoms with Crippen LogP contribution in [0.4, 0.5) is 5.69 Å². The van der Waals surface area contributed by atoms with E-state index in [1.165, 1.54) is 24.9 Å². The van der Waals surface area contributed by atoms with Gasteiger partial charge in [-0.15, -0.1) is 11.3 Å². The third-order valence-electron chi connectivity index (χ3n) is 3.43. The topological polar surface area (TPSA) is 41.6 Å². The van der Waals surface area contributed by atoms with Gasteiger partial charge in [-0.05, 0) is 41.9 Å². The smallest absolute Gasteiger partial charge is 0.350 e. The number of rotatable bonds is 2. The molecule has 1 N–H and O–H groups in total. The fraction of sp³-hybridized carbons (Fsp3) is 0.571. The molecule has 1 saturated heterocycles. The van der Waals surface area contributed by atoms with Gasteiger partial charge in [0.25, 0.3) is 0 Å². The van der Waals surface area contributed by atoms with Crippen LogP contribution in [0.5, 0.6) is 0 Å². The third kappa shape index (κ3) is 3.49. The number of carbonyl (C=O) groups is 1. The Morgan fingerprint density at radius 2 is 2.10 bits per heavy atom. The van der Waals surface area contributed by atoms with Crippen molar-refractivity contribution in [1.82, 2.24) is 4.90 Å². The molecular weight excluding hydrogens is 292 g/mol. The lowest BCUT2D eigenvalue weighted by Gasteiger charge is -2.36. The summed E-state index contributed by atoms with van der Waals surface area (Å²) in [4.78, 5) is 14.4. The van der Waals surface area contributed by atoms with Gasteiger partial charge in [-0.25, -0.2) is 4.79 Å². The van der Waals surface area contributed by atoms with Crippen molar-refractivity contribution >= 4 is 40.3 Å². The Hall–Kier alpha value is -1.14. The highest BCUT2D eigenvalue weighted by Gasteiger charge is 2.24. The first kappa shape index (κ1) is 15.3. The highest BCUT2D eigenvalue weighted by atomic mass is 32.1. The van der Waals surface area contributed by atoms with Crippen LogP contribution in [0.1, 0.15) is 29.9 Å². The molecule has 2 heterocycles. The maximum Gasteiger partial charge on any atom is 0.350 e. The molecule has 1 fully saturated rings. The Balaban J connectivity index is 2.04. The number of likely N-dealkylation sites (tertiary alicyclic amines) is 1. The van der Waals surface area contributed by atoms with E-state index in [-0.39, 0.29) is 5.97 Å². The molecule has 1 aromatic heterocycles. The molecule has 0 bridgehead atoms. The molecule has 20 heavy (non-hydrogen) atoms. The monoisotopic (exact) mass is 312 g/mol. The minimum atomic E-state index is -0.328. The van der Waals surface area contributed by atoms with Crippen molar-refractivity contribution in [2.24, 2.45) is 11.8 Å². The average Bonchev–Trinajstić information content (AvgIpc) is 2.84. The Labute approximate surface area is 129 Å². The number of hydrogen-bond acceptors (Lipinski definition) is 4. The minimum Gasteiger partial charge on any atom is -0.465 e. The molecule has 1 aliphatic heterocycles. The predicted molar refractivity (Wildman–Crippen MR) is 86.4 cm³/mol. The number of piperidine rings is 1. The quantitative estimate of drug-likeness (QED) is 0.671. The first-order valence-electron chi connectivity index (χ1n) is 6.73. The van der Waals surface area contributed by atoms with Crippen LogP contribution >= 0.6 is 23.6 Å². The predicted octanol–water partition coefficient (Wildman–Crippen LogP) is 3.21. The summed E-state index contributed by atoms with van der Waals surface area (Å²) < 4.78 is 4.77. The van der Waals surface area contributed by atoms with E-state index in [1.54, 1.807) is 0 Å². The summed E-state index contributed by atoms with van der Waals surface area (Å²) in [5, 5.41) is 5.73. The van der Waals surface area contributed by atoms with E-state index in [0.29, 0.717) is 21.8 Å². The molecule has 2 rings (SSSR count). The summed E-state index contributed by atoms with van der Waals surface area (Å²) in [5.74, 6) is 0.952. The maximum atomic E-state index is 11.6. The Bertz CT molecular complexity index is 491. The van der Waals surface area contributed by atoms with Crippen LogP contribution in [0.15, 0.2) is 11.4 Å². The van der Waals surface area contributed by atoms with E-state index >= 15 is 0 Å². The zero-order valence-corrected chi connectivity index (χ0v) is 13.6. The van der Waals surface area contributed by atoms with Crippen LogP contribution in [0.3, 0.4) is 0 Å². The van der Waals surface area contributed by atoms with Gasteiger partial charge in [0.15, 0.2) is 5.11 Å². The van der Waals surface area contributed by atoms with Gasteiger partial charge in [-0.3, -0.25) is 0 Å². The normalized spacial score (nSPS) is 22.4. The molecule has 0 amide bonds. The summed E-state index contributed by atoms with van der Waals surface area (Å²) in [7, 11) is 1.39. The number of methoxy groups -OCH3 is 1. The van der Waals surface area contributed by atoms with Gasteiger partial charge in [0.2, 0.25) is 0 Å². The zero-order valence-electron chi connectivity index (χ0n) is 12.0. The lowest BCUT2D eigenvalue weighted by Crippen LogP contribution is -2.44. The number of hydrogen-bond donors (Lipinski definition) is 1. The second-order valence-corrected chi connectivity index (χ2v) is 6.74. The van der Waals surface area contributed by atoms with E-state index in [1.807, 2.05) is 11.4 Å². The molecule has 110 valence electrons. The molecule has 1 aliphatic rings. The summed E-state index contributed by atoms with van der Waals surface area (Å²) >= 11 is 6.83. The van der Waals surface area contributed by atoms with Crippen LogP contribution < -0.4 is 5.32 Å². The van der Waals surface area contributed by atoms with Gasteiger partial charge in [-0.2, -0.15) is 0 Å². The lowest BCUT2D eigenvalue weighted by molar-refractivity contribution is 0.0607. The number of esters is 1. The minimum absolute atomic E-state index is 0.328. The van der Waals surface area contributed by atoms with Crippen molar-refractivity contribution in [2.45, 2.75) is 20.3 Å². The van der Waals surface area contributed by atoms with Crippen molar-refractivity contribution in [3.8, 4) is 0 Å². The maximum absolute atomic E-state index is 11.6. The first-order chi connectivity index (χ1) is 9.51. The highest BCUT2D eigenvalue weighted by Crippen LogP contribution is 2.25. The largest absolute Gasteiger partial charge is 0.465 e. The number of carbonyl (C=O) groups excluding carboxylic acids is 1. The van der Waals surface area contributed by atoms with Gasteiger partial charge < -0.3 is 15.0 Å². The van der Waals surface area contributed by atoms with Crippen LogP contribution in [0, 0.1) is 11.8 Å². The van der Waals surface area contributed by atoms with Crippen LogP contribution in [0.25, 0.3) is 0 Å². The van der Waals surface area contributed by atoms with Crippen molar-refractivity contribution < 1.29 is 9.53 Å². The molecule has 2 atom stereocenters. The van der Waals surface area contributed by atoms with Gasteiger partial charge in [0.1, 0.15) is 4.88 Å². The van der Waals surface area contributed by atoms with Gasteiger partial charge in [0.05, 0.1) is 12.8 Å². The molecule has 0 radical (unpaired) electrons. The molecular formula is C14H20N2O2S2. The third-order valence-corrected chi connectivity index (χ3v) is 4.69. The summed E-state index contributed by atoms with van der Waals surface area (Å²) in [6.45, 7) is 6.42. The lowest BCUT2D eigenvalue weighted by atomic mass is 9.92. The van der Waals surface area contributed by atoms with Crippen LogP contribution in [-0.2, 0) is 4.74 Å². The molecule has 0 aliphatic carbocycles. The van der Waals surface area contributed by atoms with Gasteiger partial charge >= 0.3 is 5.97 Å². The summed E-state index contributed by atoms with van der Waals surface area (Å²) in [6.07, 6.45) is 1.24. The van der Waals surface area contributed by atoms with E-state index in [0.717, 1.165) is 18.8 Å². The van der Waals surface area contributed by atoms with E-state index in [9.17, 15) is 4.79 Å². The fourth-order valence-corrected chi connectivity index (χ4v) is 3.71. The molecule has 1 aromatic rings. The van der Waals surface area contributed by atoms with E-state index in [2.05, 4.69) is 24.1 Å². The van der Waals surface area contributed by atoms with Crippen molar-refractivity contribution in [1.29, 1.82) is 0 Å². The number of ether oxygens (including phenoxy) is 1. The average molecular weight is 312 g/mol. The standard InChI is InChI=1S/C14H20N2O2S2/c1-9-6-10(2)8-16(7-9)14(19)15-11-4-5-20-12(11)13(17)18-3/h4-5,9-10H,6-8H2,1-3H3,(H,15,19)/t9-,10-/m1/s1. The Kier molecular flexibility index (Phi) is 4.99. The molecule has 0 aromatic carbocycles. The van der Waals surface area contributed by atoms with Crippen molar-refractivity contribution in [3.05, 3.63) is 16.3 Å². The fourth-order valence-electron chi connectivity index (χ4n) is 2.68. The Morgan fingerprint density at radius 3 is 2.70 bits per heavy atom. The number of anilines is 1. The molecule has 0 saturated carbocycles. The SMILES string of the molecule is COC(=O)c1sccc1NC(=S)N1C[C@H](C)C[C@@H](C)C1. The number of nitrogens with zero attached hydrogens (tertiary/aromatic N) is 1. The molecule has 6 heteroatoms. The van der Waals surface area contributed by atoms with E-state index < -0.39 is 0 Å². The van der Waals surface area contributed by atoms with Crippen molar-refractivity contribution in [2.75, 3.05) is 25.5 Å². The first-order valence-corrected chi connectivity index (χ1v) is 8.01. The van der Waals surface area contributed by atoms with Crippen molar-refractivity contribution in [3.63, 3.8) is 0 Å². The Morgan fingerprint density at radius 1 is 1.45 bits per heavy atom. The number of thiocarbonyl (C=S) groups is 1. The molecule has 0 spiro atoms. The van der Waals surface area contributed by atoms with Gasteiger partial charge in [-0.1, -0.05) is 13.8 Å². The summed E-state index contributed by atoms with van der Waals surface area (Å²) in [6, 6.07) is 1.86. The van der Waals surface area contributed by atoms with Crippen LogP contribution in [0.2, 0.25) is 0 Å². The second-order valence-electron chi connectivity index (χ2n) is 5.44. The molecule has 0 unspecified atom stereocenters. The van der Waals surface area contributed by atoms with Crippen LogP contribution in [-0.4, -0.2) is 36.2 Å². The van der Waals surface area contributed by atoms with Gasteiger partial charge in [0, 0.05) is 13.1 Å². The highest BCUT2D eigenvalue weighted by molar-refractivity contribution is 7.80.